The number of urea groups is 1. The molecule has 4 rings (SSSR count). The Labute approximate surface area is 197 Å². The smallest absolute Gasteiger partial charge is 0.325 e. The van der Waals surface area contributed by atoms with E-state index in [0.717, 1.165) is 40.6 Å². The number of fused-ring (bicyclic) bond motifs is 1. The van der Waals surface area contributed by atoms with Crippen LogP contribution in [-0.2, 0) is 18.4 Å². The van der Waals surface area contributed by atoms with E-state index in [0.29, 0.717) is 17.6 Å². The lowest BCUT2D eigenvalue weighted by atomic mass is 9.86. The fourth-order valence-electron chi connectivity index (χ4n) is 3.69. The minimum Gasteiger partial charge on any atom is -0.481 e. The Kier molecular flexibility index (Phi) is 6.37. The summed E-state index contributed by atoms with van der Waals surface area (Å²) in [6.45, 7) is 7.73. The molecule has 9 nitrogen and oxygen atoms in total. The zero-order chi connectivity index (χ0) is 23.6. The summed E-state index contributed by atoms with van der Waals surface area (Å²) in [7, 11) is 3.09. The maximum atomic E-state index is 12.7. The van der Waals surface area contributed by atoms with Crippen LogP contribution in [-0.4, -0.2) is 41.7 Å². The number of benzene rings is 1. The first kappa shape index (κ1) is 22.8. The van der Waals surface area contributed by atoms with Gasteiger partial charge >= 0.3 is 12.0 Å². The van der Waals surface area contributed by atoms with Gasteiger partial charge in [-0.2, -0.15) is 9.97 Å². The summed E-state index contributed by atoms with van der Waals surface area (Å²) in [6.07, 6.45) is 0.747. The number of rotatable bonds is 5. The van der Waals surface area contributed by atoms with Crippen LogP contribution < -0.4 is 25.0 Å². The normalized spacial score (nSPS) is 13.3. The summed E-state index contributed by atoms with van der Waals surface area (Å²) in [5, 5.41) is 6.43. The number of methoxy groups -OCH3 is 2. The van der Waals surface area contributed by atoms with Crippen LogP contribution in [0.4, 0.5) is 21.4 Å². The zero-order valence-corrected chi connectivity index (χ0v) is 20.2. The summed E-state index contributed by atoms with van der Waals surface area (Å²) >= 11 is 1.47. The number of para-hydroxylation sites is 1. The number of carbonyl (C=O) groups excluding carboxylic acids is 1. The van der Waals surface area contributed by atoms with Gasteiger partial charge < -0.3 is 19.7 Å². The minimum atomic E-state index is -0.306. The molecule has 2 amide bonds. The number of nitrogens with zero attached hydrogens (tertiary/aromatic N) is 4. The summed E-state index contributed by atoms with van der Waals surface area (Å²) < 4.78 is 10.5. The van der Waals surface area contributed by atoms with Gasteiger partial charge in [-0.25, -0.2) is 9.78 Å². The topological polar surface area (TPSA) is 102 Å². The molecule has 33 heavy (non-hydrogen) atoms. The van der Waals surface area contributed by atoms with Gasteiger partial charge in [-0.15, -0.1) is 0 Å². The van der Waals surface area contributed by atoms with E-state index < -0.39 is 0 Å². The van der Waals surface area contributed by atoms with E-state index in [1.807, 2.05) is 24.3 Å². The number of hydrogen-bond donors (Lipinski definition) is 2. The van der Waals surface area contributed by atoms with E-state index in [-0.39, 0.29) is 17.5 Å². The quantitative estimate of drug-likeness (QED) is 0.570. The van der Waals surface area contributed by atoms with Crippen molar-refractivity contribution in [3.63, 3.8) is 0 Å². The minimum absolute atomic E-state index is 0.0834. The molecular formula is C23H28N6O3S. The molecule has 0 saturated heterocycles. The predicted molar refractivity (Wildman–Crippen MR) is 130 cm³/mol. The number of hydrogen-bond acceptors (Lipinski definition) is 8. The van der Waals surface area contributed by atoms with E-state index in [1.54, 1.807) is 13.2 Å². The van der Waals surface area contributed by atoms with Crippen molar-refractivity contribution < 1.29 is 14.3 Å². The van der Waals surface area contributed by atoms with Gasteiger partial charge in [0.05, 0.1) is 26.5 Å². The molecule has 0 spiro atoms. The van der Waals surface area contributed by atoms with Crippen LogP contribution >= 0.6 is 11.3 Å². The summed E-state index contributed by atoms with van der Waals surface area (Å²) in [4.78, 5) is 29.1. The second-order valence-electron chi connectivity index (χ2n) is 8.69. The van der Waals surface area contributed by atoms with Crippen LogP contribution in [0.1, 0.15) is 36.9 Å². The second-order valence-corrected chi connectivity index (χ2v) is 9.77. The van der Waals surface area contributed by atoms with Gasteiger partial charge in [0.2, 0.25) is 5.88 Å². The van der Waals surface area contributed by atoms with Crippen LogP contribution in [0, 0.1) is 0 Å². The molecule has 0 bridgehead atoms. The molecule has 0 atom stereocenters. The molecule has 0 aliphatic carbocycles. The number of aromatic nitrogens is 3. The molecule has 0 fully saturated rings. The number of amides is 2. The molecule has 3 heterocycles. The average molecular weight is 469 g/mol. The van der Waals surface area contributed by atoms with Crippen LogP contribution in [0.5, 0.6) is 11.9 Å². The van der Waals surface area contributed by atoms with E-state index in [4.69, 9.17) is 9.47 Å². The molecule has 0 unspecified atom stereocenters. The zero-order valence-electron chi connectivity index (χ0n) is 19.4. The highest BCUT2D eigenvalue weighted by molar-refractivity contribution is 7.15. The van der Waals surface area contributed by atoms with Crippen molar-refractivity contribution in [2.45, 2.75) is 39.2 Å². The van der Waals surface area contributed by atoms with E-state index in [2.05, 4.69) is 51.3 Å². The summed E-state index contributed by atoms with van der Waals surface area (Å²) in [5.74, 6) is 1.17. The average Bonchev–Trinajstić information content (AvgIpc) is 3.19. The molecule has 1 aliphatic heterocycles. The fourth-order valence-corrected chi connectivity index (χ4v) is 4.71. The Morgan fingerprint density at radius 2 is 1.88 bits per heavy atom. The highest BCUT2D eigenvalue weighted by atomic mass is 32.1. The molecular weight excluding hydrogens is 440 g/mol. The number of anilines is 3. The van der Waals surface area contributed by atoms with Crippen molar-refractivity contribution in [2.75, 3.05) is 36.3 Å². The molecule has 10 heteroatoms. The first-order valence-corrected chi connectivity index (χ1v) is 11.5. The van der Waals surface area contributed by atoms with Crippen molar-refractivity contribution in [3.8, 4) is 11.9 Å². The molecule has 0 radical (unpaired) electrons. The summed E-state index contributed by atoms with van der Waals surface area (Å²) in [6, 6.07) is 9.58. The van der Waals surface area contributed by atoms with Crippen LogP contribution in [0.2, 0.25) is 0 Å². The van der Waals surface area contributed by atoms with E-state index in [1.165, 1.54) is 18.4 Å². The monoisotopic (exact) mass is 468 g/mol. The van der Waals surface area contributed by atoms with Crippen molar-refractivity contribution in [1.29, 1.82) is 0 Å². The number of thiazole rings is 1. The molecule has 1 aromatic carbocycles. The highest BCUT2D eigenvalue weighted by Crippen LogP contribution is 2.32. The third-order valence-corrected chi connectivity index (χ3v) is 6.32. The maximum absolute atomic E-state index is 12.7. The second kappa shape index (κ2) is 9.22. The lowest BCUT2D eigenvalue weighted by Crippen LogP contribution is -2.30. The lowest BCUT2D eigenvalue weighted by molar-refractivity contribution is 0.262. The van der Waals surface area contributed by atoms with E-state index in [9.17, 15) is 4.79 Å². The van der Waals surface area contributed by atoms with Crippen LogP contribution in [0.25, 0.3) is 0 Å². The molecule has 2 N–H and O–H groups in total. The fraction of sp³-hybridized carbons (Fsp3) is 0.391. The Morgan fingerprint density at radius 1 is 1.09 bits per heavy atom. The molecule has 0 saturated carbocycles. The molecule has 3 aromatic rings. The van der Waals surface area contributed by atoms with Crippen molar-refractivity contribution >= 4 is 34.0 Å². The standard InChI is InChI=1S/C23H28N6O3S/c1-23(2,3)14-8-6-7-9-15(14)24-20(30)28-22-25-16-10-11-29(13-17(16)33-22)18-12-19(31-4)27-21(26-18)32-5/h6-9,12H,10-11,13H2,1-5H3,(H2,24,25,28,30). The summed E-state index contributed by atoms with van der Waals surface area (Å²) in [5.41, 5.74) is 2.78. The Hall–Kier alpha value is -3.40. The van der Waals surface area contributed by atoms with E-state index >= 15 is 0 Å². The Morgan fingerprint density at radius 3 is 2.61 bits per heavy atom. The van der Waals surface area contributed by atoms with Crippen molar-refractivity contribution in [1.82, 2.24) is 15.0 Å². The first-order chi connectivity index (χ1) is 15.8. The predicted octanol–water partition coefficient (Wildman–Crippen LogP) is 4.45. The van der Waals surface area contributed by atoms with Gasteiger partial charge in [0, 0.05) is 29.6 Å². The molecule has 1 aliphatic rings. The van der Waals surface area contributed by atoms with Crippen LogP contribution in [0.3, 0.4) is 0 Å². The van der Waals surface area contributed by atoms with Gasteiger partial charge in [-0.1, -0.05) is 50.3 Å². The van der Waals surface area contributed by atoms with Crippen molar-refractivity contribution in [3.05, 3.63) is 46.5 Å². The lowest BCUT2D eigenvalue weighted by Gasteiger charge is -2.27. The SMILES string of the molecule is COc1cc(N2CCc3nc(NC(=O)Nc4ccccc4C(C)(C)C)sc3C2)nc(OC)n1. The van der Waals surface area contributed by atoms with Gasteiger partial charge in [-0.05, 0) is 17.0 Å². The van der Waals surface area contributed by atoms with Gasteiger partial charge in [-0.3, -0.25) is 5.32 Å². The molecule has 174 valence electrons. The first-order valence-electron chi connectivity index (χ1n) is 10.6. The van der Waals surface area contributed by atoms with Gasteiger partial charge in [0.15, 0.2) is 5.13 Å². The third-order valence-electron chi connectivity index (χ3n) is 5.32. The number of nitrogens with one attached hydrogen (secondary N) is 2. The van der Waals surface area contributed by atoms with Crippen molar-refractivity contribution in [2.24, 2.45) is 0 Å². The largest absolute Gasteiger partial charge is 0.481 e. The highest BCUT2D eigenvalue weighted by Gasteiger charge is 2.24. The number of carbonyl (C=O) groups is 1. The Bertz CT molecular complexity index is 1140. The van der Waals surface area contributed by atoms with Gasteiger partial charge in [0.25, 0.3) is 0 Å². The van der Waals surface area contributed by atoms with Crippen LogP contribution in [0.15, 0.2) is 30.3 Å². The maximum Gasteiger partial charge on any atom is 0.325 e. The van der Waals surface area contributed by atoms with Gasteiger partial charge in [0.1, 0.15) is 5.82 Å². The number of ether oxygens (including phenoxy) is 2. The molecule has 2 aromatic heterocycles. The Balaban J connectivity index is 1.46. The third kappa shape index (κ3) is 5.16.